The molecule has 160 valence electrons. The lowest BCUT2D eigenvalue weighted by atomic mass is 10.0. The van der Waals surface area contributed by atoms with Crippen molar-refractivity contribution in [1.82, 2.24) is 24.7 Å². The van der Waals surface area contributed by atoms with Crippen molar-refractivity contribution >= 4 is 22.4 Å². The Kier molecular flexibility index (Phi) is 4.65. The molecule has 2 aromatic carbocycles. The monoisotopic (exact) mass is 432 g/mol. The summed E-state index contributed by atoms with van der Waals surface area (Å²) in [5, 5.41) is 13.4. The van der Waals surface area contributed by atoms with Crippen LogP contribution >= 0.6 is 0 Å². The van der Waals surface area contributed by atoms with Gasteiger partial charge < -0.3 is 9.88 Å². The van der Waals surface area contributed by atoms with E-state index in [1.807, 2.05) is 60.9 Å². The highest BCUT2D eigenvalue weighted by molar-refractivity contribution is 6.04. The highest BCUT2D eigenvalue weighted by Crippen LogP contribution is 2.37. The van der Waals surface area contributed by atoms with Gasteiger partial charge >= 0.3 is 0 Å². The molecule has 1 amide bonds. The zero-order chi connectivity index (χ0) is 22.2. The van der Waals surface area contributed by atoms with Gasteiger partial charge in [0.1, 0.15) is 12.0 Å². The Balaban J connectivity index is 1.28. The number of carbonyl (C=O) groups is 1. The molecule has 0 bridgehead atoms. The Morgan fingerprint density at radius 2 is 1.88 bits per heavy atom. The quantitative estimate of drug-likeness (QED) is 0.415. The third-order valence-corrected chi connectivity index (χ3v) is 5.86. The number of hydrogen-bond acceptors (Lipinski definition) is 5. The number of rotatable bonds is 5. The van der Waals surface area contributed by atoms with Gasteiger partial charge in [0.05, 0.1) is 0 Å². The van der Waals surface area contributed by atoms with Crippen molar-refractivity contribution in [2.24, 2.45) is 0 Å². The molecule has 0 atom stereocenters. The second-order valence-electron chi connectivity index (χ2n) is 8.17. The minimum Gasteiger partial charge on any atom is -0.321 e. The van der Waals surface area contributed by atoms with Crippen molar-refractivity contribution in [3.63, 3.8) is 0 Å². The van der Waals surface area contributed by atoms with Crippen LogP contribution in [-0.4, -0.2) is 30.6 Å². The maximum absolute atomic E-state index is 13.0. The molecule has 0 radical (unpaired) electrons. The molecule has 1 aliphatic carbocycles. The average molecular weight is 432 g/mol. The number of nitrogens with one attached hydrogen (secondary N) is 1. The van der Waals surface area contributed by atoms with E-state index < -0.39 is 0 Å². The van der Waals surface area contributed by atoms with E-state index in [1.54, 1.807) is 18.6 Å². The third kappa shape index (κ3) is 3.74. The molecule has 0 spiro atoms. The van der Waals surface area contributed by atoms with Crippen LogP contribution in [0.25, 0.3) is 33.3 Å². The Bertz CT molecular complexity index is 1480. The molecule has 7 nitrogen and oxygen atoms in total. The number of aromatic nitrogens is 5. The van der Waals surface area contributed by atoms with Crippen LogP contribution in [0, 0.1) is 0 Å². The van der Waals surface area contributed by atoms with Gasteiger partial charge in [-0.2, -0.15) is 0 Å². The summed E-state index contributed by atoms with van der Waals surface area (Å²) in [5.41, 5.74) is 3.80. The van der Waals surface area contributed by atoms with Gasteiger partial charge in [-0.05, 0) is 48.1 Å². The Labute approximate surface area is 190 Å². The number of amides is 1. The topological polar surface area (TPSA) is 85.6 Å². The van der Waals surface area contributed by atoms with Gasteiger partial charge in [-0.1, -0.05) is 36.4 Å². The second-order valence-corrected chi connectivity index (χ2v) is 8.17. The van der Waals surface area contributed by atoms with Crippen molar-refractivity contribution < 1.29 is 4.79 Å². The number of fused-ring (bicyclic) bond motifs is 1. The Morgan fingerprint density at radius 3 is 2.79 bits per heavy atom. The van der Waals surface area contributed by atoms with Gasteiger partial charge in [-0.25, -0.2) is 0 Å². The molecule has 3 aromatic heterocycles. The number of benzene rings is 2. The summed E-state index contributed by atoms with van der Waals surface area (Å²) < 4.78 is 2.10. The van der Waals surface area contributed by atoms with E-state index >= 15 is 0 Å². The number of carbonyl (C=O) groups excluding carboxylic acids is 1. The van der Waals surface area contributed by atoms with Crippen molar-refractivity contribution in [3.8, 4) is 22.5 Å². The SMILES string of the molecule is O=C(Nc1cccc(-c2nncn2C2CC2)c1)c1cc(-c2cncc3ccccc23)ccn1. The summed E-state index contributed by atoms with van der Waals surface area (Å²) in [4.78, 5) is 21.7. The number of pyridine rings is 2. The lowest BCUT2D eigenvalue weighted by molar-refractivity contribution is 0.102. The fourth-order valence-electron chi connectivity index (χ4n) is 4.07. The minimum absolute atomic E-state index is 0.272. The number of anilines is 1. The predicted octanol–water partition coefficient (Wildman–Crippen LogP) is 5.14. The largest absolute Gasteiger partial charge is 0.321 e. The van der Waals surface area contributed by atoms with E-state index in [2.05, 4.69) is 36.1 Å². The van der Waals surface area contributed by atoms with Crippen LogP contribution in [0.3, 0.4) is 0 Å². The molecule has 0 aliphatic heterocycles. The highest BCUT2D eigenvalue weighted by Gasteiger charge is 2.26. The zero-order valence-corrected chi connectivity index (χ0v) is 17.7. The van der Waals surface area contributed by atoms with Gasteiger partial charge in [-0.15, -0.1) is 10.2 Å². The van der Waals surface area contributed by atoms with Crippen molar-refractivity contribution in [1.29, 1.82) is 0 Å². The van der Waals surface area contributed by atoms with Crippen LogP contribution in [0.4, 0.5) is 5.69 Å². The average Bonchev–Trinajstić information content (AvgIpc) is 3.59. The standard InChI is InChI=1S/C26H20N6O/c33-26(30-20-6-3-5-18(12-20)25-31-29-16-32(25)21-8-9-21)24-13-17(10-11-28-24)23-15-27-14-19-4-1-2-7-22(19)23/h1-7,10-16,21H,8-9H2,(H,30,33). The van der Waals surface area contributed by atoms with Gasteiger partial charge in [-0.3, -0.25) is 14.8 Å². The minimum atomic E-state index is -0.272. The first-order valence-electron chi connectivity index (χ1n) is 10.9. The van der Waals surface area contributed by atoms with Crippen LogP contribution in [-0.2, 0) is 0 Å². The van der Waals surface area contributed by atoms with E-state index in [4.69, 9.17) is 0 Å². The summed E-state index contributed by atoms with van der Waals surface area (Å²) in [6.07, 6.45) is 9.38. The summed E-state index contributed by atoms with van der Waals surface area (Å²) in [7, 11) is 0. The van der Waals surface area contributed by atoms with Gasteiger partial charge in [0.2, 0.25) is 0 Å². The summed E-state index contributed by atoms with van der Waals surface area (Å²) >= 11 is 0. The molecule has 1 aliphatic rings. The van der Waals surface area contributed by atoms with E-state index in [9.17, 15) is 4.79 Å². The Morgan fingerprint density at radius 1 is 0.970 bits per heavy atom. The predicted molar refractivity (Wildman–Crippen MR) is 127 cm³/mol. The van der Waals surface area contributed by atoms with Crippen LogP contribution in [0.15, 0.2) is 85.6 Å². The molecule has 0 saturated heterocycles. The molecule has 1 N–H and O–H groups in total. The second kappa shape index (κ2) is 7.94. The van der Waals surface area contributed by atoms with Crippen molar-refractivity contribution in [2.45, 2.75) is 18.9 Å². The fourth-order valence-corrected chi connectivity index (χ4v) is 4.07. The smallest absolute Gasteiger partial charge is 0.274 e. The molecule has 3 heterocycles. The molecule has 5 aromatic rings. The maximum Gasteiger partial charge on any atom is 0.274 e. The summed E-state index contributed by atoms with van der Waals surface area (Å²) in [6, 6.07) is 19.9. The number of nitrogens with zero attached hydrogens (tertiary/aromatic N) is 5. The van der Waals surface area contributed by atoms with Gasteiger partial charge in [0.25, 0.3) is 5.91 Å². The Hall–Kier alpha value is -4.39. The van der Waals surface area contributed by atoms with E-state index in [0.717, 1.165) is 46.1 Å². The molecule has 7 heteroatoms. The zero-order valence-electron chi connectivity index (χ0n) is 17.7. The molecule has 1 fully saturated rings. The number of hydrogen-bond donors (Lipinski definition) is 1. The van der Waals surface area contributed by atoms with E-state index in [0.29, 0.717) is 17.4 Å². The highest BCUT2D eigenvalue weighted by atomic mass is 16.1. The molecule has 1 saturated carbocycles. The first-order chi connectivity index (χ1) is 16.3. The summed E-state index contributed by atoms with van der Waals surface area (Å²) in [6.45, 7) is 0. The van der Waals surface area contributed by atoms with E-state index in [-0.39, 0.29) is 5.91 Å². The third-order valence-electron chi connectivity index (χ3n) is 5.86. The van der Waals surface area contributed by atoms with Crippen LogP contribution < -0.4 is 5.32 Å². The molecular formula is C26H20N6O. The first kappa shape index (κ1) is 19.3. The normalized spacial score (nSPS) is 13.2. The van der Waals surface area contributed by atoms with Crippen molar-refractivity contribution in [3.05, 3.63) is 91.3 Å². The fraction of sp³-hybridized carbons (Fsp3) is 0.115. The van der Waals surface area contributed by atoms with E-state index in [1.165, 1.54) is 0 Å². The van der Waals surface area contributed by atoms with Gasteiger partial charge in [0.15, 0.2) is 5.82 Å². The van der Waals surface area contributed by atoms with Crippen LogP contribution in [0.2, 0.25) is 0 Å². The molecule has 0 unspecified atom stereocenters. The maximum atomic E-state index is 13.0. The lowest BCUT2D eigenvalue weighted by Gasteiger charge is -2.10. The first-order valence-corrected chi connectivity index (χ1v) is 10.9. The summed E-state index contributed by atoms with van der Waals surface area (Å²) in [5.74, 6) is 0.544. The molecular weight excluding hydrogens is 412 g/mol. The van der Waals surface area contributed by atoms with Crippen molar-refractivity contribution in [2.75, 3.05) is 5.32 Å². The molecule has 6 rings (SSSR count). The van der Waals surface area contributed by atoms with Crippen LogP contribution in [0.5, 0.6) is 0 Å². The molecule has 33 heavy (non-hydrogen) atoms. The van der Waals surface area contributed by atoms with Crippen LogP contribution in [0.1, 0.15) is 29.4 Å². The van der Waals surface area contributed by atoms with Gasteiger partial charge in [0, 0.05) is 46.8 Å². The lowest BCUT2D eigenvalue weighted by Crippen LogP contribution is -2.13.